The topological polar surface area (TPSA) is 79.8 Å². The van der Waals surface area contributed by atoms with Crippen LogP contribution >= 0.6 is 0 Å². The van der Waals surface area contributed by atoms with E-state index in [0.717, 1.165) is 11.1 Å². The van der Waals surface area contributed by atoms with Gasteiger partial charge < -0.3 is 10.1 Å². The average molecular weight is 337 g/mol. The van der Waals surface area contributed by atoms with Crippen molar-refractivity contribution in [1.29, 1.82) is 0 Å². The molecule has 0 fully saturated rings. The third-order valence-corrected chi connectivity index (χ3v) is 3.19. The molecule has 0 bridgehead atoms. The van der Waals surface area contributed by atoms with Crippen LogP contribution in [-0.4, -0.2) is 25.1 Å². The number of nitrogens with zero attached hydrogens (tertiary/aromatic N) is 1. The lowest BCUT2D eigenvalue weighted by atomic mass is 10.1. The first kappa shape index (κ1) is 17.9. The fourth-order valence-corrected chi connectivity index (χ4v) is 2.02. The predicted molar refractivity (Wildman–Crippen MR) is 98.4 cm³/mol. The summed E-state index contributed by atoms with van der Waals surface area (Å²) >= 11 is 0. The summed E-state index contributed by atoms with van der Waals surface area (Å²) < 4.78 is 5.11. The molecule has 0 aliphatic carbocycles. The molecular formula is C19H19N3O3. The number of ether oxygens (including phenoxy) is 1. The lowest BCUT2D eigenvalue weighted by Crippen LogP contribution is -2.32. The zero-order valence-corrected chi connectivity index (χ0v) is 14.0. The summed E-state index contributed by atoms with van der Waals surface area (Å²) in [5.74, 6) is -1.23. The Hall–Kier alpha value is -3.41. The number of amides is 2. The molecule has 0 saturated carbocycles. The van der Waals surface area contributed by atoms with Gasteiger partial charge >= 0.3 is 11.8 Å². The number of nitrogens with one attached hydrogen (secondary N) is 2. The highest BCUT2D eigenvalue weighted by Crippen LogP contribution is 2.22. The molecule has 0 radical (unpaired) electrons. The number of hydrazone groups is 1. The van der Waals surface area contributed by atoms with Crippen molar-refractivity contribution < 1.29 is 14.3 Å². The molecule has 2 amide bonds. The van der Waals surface area contributed by atoms with Gasteiger partial charge in [0.25, 0.3) is 0 Å². The smallest absolute Gasteiger partial charge is 0.329 e. The molecule has 0 atom stereocenters. The second-order valence-electron chi connectivity index (χ2n) is 5.15. The molecule has 2 aromatic rings. The van der Waals surface area contributed by atoms with Crippen molar-refractivity contribution >= 4 is 29.8 Å². The molecule has 128 valence electrons. The van der Waals surface area contributed by atoms with Gasteiger partial charge in [0.15, 0.2) is 0 Å². The second-order valence-corrected chi connectivity index (χ2v) is 5.15. The molecule has 0 aromatic heterocycles. The molecule has 0 aliphatic heterocycles. The fraction of sp³-hybridized carbons (Fsp3) is 0.105. The van der Waals surface area contributed by atoms with E-state index in [-0.39, 0.29) is 0 Å². The molecular weight excluding hydrogens is 318 g/mol. The first-order chi connectivity index (χ1) is 12.1. The number of carbonyl (C=O) groups excluding carboxylic acids is 2. The van der Waals surface area contributed by atoms with Crippen LogP contribution in [0.1, 0.15) is 12.5 Å². The van der Waals surface area contributed by atoms with Crippen LogP contribution in [0.3, 0.4) is 0 Å². The van der Waals surface area contributed by atoms with Gasteiger partial charge in [0.05, 0.1) is 19.0 Å². The monoisotopic (exact) mass is 337 g/mol. The number of allylic oxidation sites excluding steroid dienone is 1. The standard InChI is InChI=1S/C19H19N3O3/c1-14(12-15-8-4-3-5-9-15)13-20-22-19(24)18(23)21-16-10-6-7-11-17(16)25-2/h3-13H,1-2H3,(H,21,23)(H,22,24)/b14-12-,20-13-. The summed E-state index contributed by atoms with van der Waals surface area (Å²) in [6.45, 7) is 1.84. The van der Waals surface area contributed by atoms with E-state index in [1.54, 1.807) is 24.3 Å². The van der Waals surface area contributed by atoms with Gasteiger partial charge in [-0.05, 0) is 30.2 Å². The summed E-state index contributed by atoms with van der Waals surface area (Å²) in [4.78, 5) is 23.7. The Morgan fingerprint density at radius 2 is 1.68 bits per heavy atom. The van der Waals surface area contributed by atoms with Gasteiger partial charge in [0, 0.05) is 0 Å². The lowest BCUT2D eigenvalue weighted by Gasteiger charge is -2.08. The van der Waals surface area contributed by atoms with Crippen LogP contribution in [-0.2, 0) is 9.59 Å². The summed E-state index contributed by atoms with van der Waals surface area (Å²) in [7, 11) is 1.48. The Labute approximate surface area is 146 Å². The number of carbonyl (C=O) groups is 2. The highest BCUT2D eigenvalue weighted by molar-refractivity contribution is 6.39. The van der Waals surface area contributed by atoms with Crippen LogP contribution in [0, 0.1) is 0 Å². The number of anilines is 1. The number of methoxy groups -OCH3 is 1. The molecule has 0 aliphatic rings. The van der Waals surface area contributed by atoms with Crippen molar-refractivity contribution in [3.05, 3.63) is 65.7 Å². The minimum Gasteiger partial charge on any atom is -0.495 e. The Morgan fingerprint density at radius 1 is 1.00 bits per heavy atom. The maximum absolute atomic E-state index is 11.9. The normalized spacial score (nSPS) is 11.2. The van der Waals surface area contributed by atoms with Gasteiger partial charge in [-0.15, -0.1) is 0 Å². The largest absolute Gasteiger partial charge is 0.495 e. The summed E-state index contributed by atoms with van der Waals surface area (Å²) in [6, 6.07) is 16.5. The zero-order chi connectivity index (χ0) is 18.1. The van der Waals surface area contributed by atoms with Crippen LogP contribution in [0.25, 0.3) is 6.08 Å². The van der Waals surface area contributed by atoms with E-state index in [2.05, 4.69) is 15.8 Å². The SMILES string of the molecule is COc1ccccc1NC(=O)C(=O)N/N=C\C(C)=C/c1ccccc1. The molecule has 0 spiro atoms. The molecule has 0 saturated heterocycles. The van der Waals surface area contributed by atoms with Crippen molar-refractivity contribution in [2.45, 2.75) is 6.92 Å². The van der Waals surface area contributed by atoms with E-state index in [1.165, 1.54) is 13.3 Å². The molecule has 6 nitrogen and oxygen atoms in total. The van der Waals surface area contributed by atoms with E-state index in [9.17, 15) is 9.59 Å². The van der Waals surface area contributed by atoms with Crippen LogP contribution in [0.2, 0.25) is 0 Å². The average Bonchev–Trinajstić information content (AvgIpc) is 2.62. The van der Waals surface area contributed by atoms with Crippen LogP contribution in [0.5, 0.6) is 5.75 Å². The third kappa shape index (κ3) is 5.62. The van der Waals surface area contributed by atoms with E-state index < -0.39 is 11.8 Å². The van der Waals surface area contributed by atoms with Gasteiger partial charge in [-0.2, -0.15) is 5.10 Å². The summed E-state index contributed by atoms with van der Waals surface area (Å²) in [5, 5.41) is 6.26. The van der Waals surface area contributed by atoms with Gasteiger partial charge in [0.2, 0.25) is 0 Å². The van der Waals surface area contributed by atoms with E-state index in [1.807, 2.05) is 43.3 Å². The number of hydrogen-bond donors (Lipinski definition) is 2. The van der Waals surface area contributed by atoms with Crippen molar-refractivity contribution in [3.63, 3.8) is 0 Å². The second kappa shape index (κ2) is 9.02. The maximum Gasteiger partial charge on any atom is 0.329 e. The van der Waals surface area contributed by atoms with Crippen LogP contribution in [0.4, 0.5) is 5.69 Å². The Balaban J connectivity index is 1.91. The van der Waals surface area contributed by atoms with Crippen molar-refractivity contribution in [2.75, 3.05) is 12.4 Å². The number of benzene rings is 2. The summed E-state index contributed by atoms with van der Waals surface area (Å²) in [6.07, 6.45) is 3.38. The van der Waals surface area contributed by atoms with Gasteiger partial charge in [-0.3, -0.25) is 9.59 Å². The number of para-hydroxylation sites is 2. The Bertz CT molecular complexity index is 799. The first-order valence-corrected chi connectivity index (χ1v) is 7.61. The highest BCUT2D eigenvalue weighted by atomic mass is 16.5. The molecule has 2 rings (SSSR count). The Morgan fingerprint density at radius 3 is 2.40 bits per heavy atom. The van der Waals surface area contributed by atoms with E-state index >= 15 is 0 Å². The van der Waals surface area contributed by atoms with Crippen molar-refractivity contribution in [2.24, 2.45) is 5.10 Å². The van der Waals surface area contributed by atoms with Crippen LogP contribution in [0.15, 0.2) is 65.3 Å². The van der Waals surface area contributed by atoms with Gasteiger partial charge in [0.1, 0.15) is 5.75 Å². The minimum absolute atomic E-state index is 0.411. The quantitative estimate of drug-likeness (QED) is 0.500. The van der Waals surface area contributed by atoms with E-state index in [0.29, 0.717) is 11.4 Å². The molecule has 25 heavy (non-hydrogen) atoms. The maximum atomic E-state index is 11.9. The molecule has 2 N–H and O–H groups in total. The number of rotatable bonds is 5. The molecule has 0 heterocycles. The third-order valence-electron chi connectivity index (χ3n) is 3.19. The summed E-state index contributed by atoms with van der Waals surface area (Å²) in [5.41, 5.74) is 4.46. The highest BCUT2D eigenvalue weighted by Gasteiger charge is 2.14. The van der Waals surface area contributed by atoms with E-state index in [4.69, 9.17) is 4.74 Å². The fourth-order valence-electron chi connectivity index (χ4n) is 2.02. The number of hydrogen-bond acceptors (Lipinski definition) is 4. The van der Waals surface area contributed by atoms with Gasteiger partial charge in [-0.25, -0.2) is 5.43 Å². The first-order valence-electron chi connectivity index (χ1n) is 7.61. The molecule has 0 unspecified atom stereocenters. The Kier molecular flexibility index (Phi) is 6.47. The van der Waals surface area contributed by atoms with Crippen molar-refractivity contribution in [3.8, 4) is 5.75 Å². The molecule has 2 aromatic carbocycles. The van der Waals surface area contributed by atoms with Crippen LogP contribution < -0.4 is 15.5 Å². The zero-order valence-electron chi connectivity index (χ0n) is 14.0. The van der Waals surface area contributed by atoms with Gasteiger partial charge in [-0.1, -0.05) is 48.5 Å². The molecule has 6 heteroatoms. The minimum atomic E-state index is -0.866. The lowest BCUT2D eigenvalue weighted by molar-refractivity contribution is -0.136. The van der Waals surface area contributed by atoms with Crippen molar-refractivity contribution in [1.82, 2.24) is 5.43 Å². The predicted octanol–water partition coefficient (Wildman–Crippen LogP) is 2.84.